The van der Waals surface area contributed by atoms with E-state index in [9.17, 15) is 26.0 Å². The van der Waals surface area contributed by atoms with Gasteiger partial charge in [-0.25, -0.2) is 21.2 Å². The molecule has 7 nitrogen and oxygen atoms in total. The van der Waals surface area contributed by atoms with E-state index in [0.717, 1.165) is 12.1 Å². The minimum absolute atomic E-state index is 0.00192. The van der Waals surface area contributed by atoms with Gasteiger partial charge in [-0.05, 0) is 49.4 Å². The van der Waals surface area contributed by atoms with E-state index in [0.29, 0.717) is 32.4 Å². The number of carbonyl (C=O) groups excluding carboxylic acids is 1. The van der Waals surface area contributed by atoms with Crippen LogP contribution in [0.2, 0.25) is 0 Å². The minimum Gasteiger partial charge on any atom is -0.338 e. The highest BCUT2D eigenvalue weighted by Gasteiger charge is 2.40. The molecule has 2 fully saturated rings. The summed E-state index contributed by atoms with van der Waals surface area (Å²) in [6.07, 6.45) is 1.52. The lowest BCUT2D eigenvalue weighted by molar-refractivity contribution is -0.139. The van der Waals surface area contributed by atoms with Crippen LogP contribution in [0.4, 0.5) is 4.39 Å². The van der Waals surface area contributed by atoms with Crippen molar-refractivity contribution in [3.63, 3.8) is 0 Å². The Morgan fingerprint density at radius 3 is 2.47 bits per heavy atom. The van der Waals surface area contributed by atoms with Crippen molar-refractivity contribution in [1.82, 2.24) is 9.21 Å². The van der Waals surface area contributed by atoms with Crippen molar-refractivity contribution in [2.45, 2.75) is 44.0 Å². The quantitative estimate of drug-likeness (QED) is 0.647. The number of benzene rings is 1. The first kappa shape index (κ1) is 23.1. The van der Waals surface area contributed by atoms with Crippen LogP contribution in [0.15, 0.2) is 29.2 Å². The molecule has 0 bridgehead atoms. The van der Waals surface area contributed by atoms with Gasteiger partial charge in [0.2, 0.25) is 15.9 Å². The van der Waals surface area contributed by atoms with Crippen LogP contribution in [0.3, 0.4) is 0 Å². The van der Waals surface area contributed by atoms with Gasteiger partial charge in [-0.3, -0.25) is 4.79 Å². The number of sulfone groups is 1. The Morgan fingerprint density at radius 1 is 1.23 bits per heavy atom. The lowest BCUT2D eigenvalue weighted by Gasteiger charge is -2.37. The summed E-state index contributed by atoms with van der Waals surface area (Å²) in [5, 5.41) is 0. The van der Waals surface area contributed by atoms with E-state index in [4.69, 9.17) is 0 Å². The Balaban J connectivity index is 1.78. The van der Waals surface area contributed by atoms with Crippen molar-refractivity contribution in [2.75, 3.05) is 31.1 Å². The van der Waals surface area contributed by atoms with Crippen LogP contribution in [-0.2, 0) is 24.7 Å². The molecule has 168 valence electrons. The van der Waals surface area contributed by atoms with E-state index in [2.05, 4.69) is 0 Å². The van der Waals surface area contributed by atoms with E-state index < -0.39 is 31.6 Å². The molecule has 0 aromatic heterocycles. The van der Waals surface area contributed by atoms with E-state index in [1.54, 1.807) is 4.90 Å². The van der Waals surface area contributed by atoms with Gasteiger partial charge < -0.3 is 4.90 Å². The van der Waals surface area contributed by atoms with Crippen molar-refractivity contribution in [1.29, 1.82) is 0 Å². The molecule has 1 aromatic rings. The van der Waals surface area contributed by atoms with Gasteiger partial charge in [0, 0.05) is 25.7 Å². The van der Waals surface area contributed by atoms with Gasteiger partial charge in [-0.1, -0.05) is 13.8 Å². The monoisotopic (exact) mass is 460 g/mol. The van der Waals surface area contributed by atoms with Crippen LogP contribution < -0.4 is 0 Å². The molecule has 2 aliphatic rings. The van der Waals surface area contributed by atoms with E-state index in [-0.39, 0.29) is 40.8 Å². The molecular formula is C20H29FN2O5S2. The number of piperidine rings is 1. The fraction of sp³-hybridized carbons (Fsp3) is 0.650. The normalized spacial score (nSPS) is 24.8. The topological polar surface area (TPSA) is 91.8 Å². The highest BCUT2D eigenvalue weighted by Crippen LogP contribution is 2.28. The average Bonchev–Trinajstić information content (AvgIpc) is 3.05. The van der Waals surface area contributed by atoms with Crippen LogP contribution in [-0.4, -0.2) is 69.1 Å². The fourth-order valence-electron chi connectivity index (χ4n) is 4.19. The van der Waals surface area contributed by atoms with E-state index in [1.165, 1.54) is 16.4 Å². The number of nitrogens with zero attached hydrogens (tertiary/aromatic N) is 2. The summed E-state index contributed by atoms with van der Waals surface area (Å²) in [5.74, 6) is -0.998. The Labute approximate surface area is 178 Å². The number of rotatable bonds is 6. The predicted molar refractivity (Wildman–Crippen MR) is 111 cm³/mol. The zero-order valence-electron chi connectivity index (χ0n) is 17.3. The van der Waals surface area contributed by atoms with Gasteiger partial charge >= 0.3 is 0 Å². The maximum atomic E-state index is 13.3. The molecule has 1 amide bonds. The summed E-state index contributed by atoms with van der Waals surface area (Å²) in [7, 11) is -6.98. The number of amides is 1. The van der Waals surface area contributed by atoms with Crippen LogP contribution in [0.25, 0.3) is 0 Å². The number of sulfonamides is 1. The zero-order valence-corrected chi connectivity index (χ0v) is 19.0. The molecule has 2 aliphatic heterocycles. The largest absolute Gasteiger partial charge is 0.338 e. The maximum absolute atomic E-state index is 13.3. The second-order valence-corrected chi connectivity index (χ2v) is 12.8. The van der Waals surface area contributed by atoms with Gasteiger partial charge in [0.05, 0.1) is 22.3 Å². The zero-order chi connectivity index (χ0) is 22.1. The average molecular weight is 461 g/mol. The molecule has 0 N–H and O–H groups in total. The smallest absolute Gasteiger partial charge is 0.243 e. The van der Waals surface area contributed by atoms with Gasteiger partial charge in [-0.15, -0.1) is 0 Å². The van der Waals surface area contributed by atoms with Crippen LogP contribution in [0.5, 0.6) is 0 Å². The van der Waals surface area contributed by atoms with Gasteiger partial charge in [0.15, 0.2) is 9.84 Å². The lowest BCUT2D eigenvalue weighted by atomic mass is 9.96. The third-order valence-electron chi connectivity index (χ3n) is 5.68. The molecule has 0 saturated carbocycles. The maximum Gasteiger partial charge on any atom is 0.243 e. The number of halogens is 1. The minimum atomic E-state index is -3.83. The van der Waals surface area contributed by atoms with E-state index >= 15 is 0 Å². The first-order chi connectivity index (χ1) is 14.0. The molecule has 0 aliphatic carbocycles. The molecule has 0 radical (unpaired) electrons. The molecule has 2 saturated heterocycles. The summed E-state index contributed by atoms with van der Waals surface area (Å²) >= 11 is 0. The first-order valence-electron chi connectivity index (χ1n) is 10.3. The third-order valence-corrected chi connectivity index (χ3v) is 9.31. The molecule has 3 rings (SSSR count). The van der Waals surface area contributed by atoms with Crippen molar-refractivity contribution in [2.24, 2.45) is 11.8 Å². The van der Waals surface area contributed by atoms with Gasteiger partial charge in [0.25, 0.3) is 0 Å². The van der Waals surface area contributed by atoms with Crippen molar-refractivity contribution in [3.05, 3.63) is 30.1 Å². The summed E-state index contributed by atoms with van der Waals surface area (Å²) in [5.41, 5.74) is 0. The highest BCUT2D eigenvalue weighted by atomic mass is 32.2. The molecule has 2 atom stereocenters. The number of hydrogen-bond donors (Lipinski definition) is 0. The Morgan fingerprint density at radius 2 is 1.90 bits per heavy atom. The SMILES string of the molecule is CC(C)CN(C(=O)[C@H]1CCCN(S(=O)(=O)c2ccc(F)cc2)C1)[C@@H]1CCS(=O)(=O)C1. The van der Waals surface area contributed by atoms with Gasteiger partial charge in [-0.2, -0.15) is 4.31 Å². The van der Waals surface area contributed by atoms with Crippen LogP contribution >= 0.6 is 0 Å². The van der Waals surface area contributed by atoms with E-state index in [1.807, 2.05) is 13.8 Å². The predicted octanol–water partition coefficient (Wildman–Crippen LogP) is 1.90. The number of carbonyl (C=O) groups is 1. The summed E-state index contributed by atoms with van der Waals surface area (Å²) in [6, 6.07) is 4.30. The summed E-state index contributed by atoms with van der Waals surface area (Å²) in [6.45, 7) is 4.73. The molecule has 1 aromatic carbocycles. The van der Waals surface area contributed by atoms with Crippen LogP contribution in [0, 0.1) is 17.7 Å². The first-order valence-corrected chi connectivity index (χ1v) is 13.5. The molecule has 0 unspecified atom stereocenters. The Bertz CT molecular complexity index is 977. The molecule has 10 heteroatoms. The summed E-state index contributed by atoms with van der Waals surface area (Å²) < 4.78 is 64.3. The van der Waals surface area contributed by atoms with Gasteiger partial charge in [0.1, 0.15) is 5.82 Å². The standard InChI is InChI=1S/C20H29FN2O5S2/c1-15(2)12-23(18-9-11-29(25,26)14-18)20(24)16-4-3-10-22(13-16)30(27,28)19-7-5-17(21)6-8-19/h5-8,15-16,18H,3-4,9-14H2,1-2H3/t16-,18+/m0/s1. The Kier molecular flexibility index (Phi) is 6.88. The second kappa shape index (κ2) is 8.92. The Hall–Kier alpha value is -1.52. The number of hydrogen-bond acceptors (Lipinski definition) is 5. The van der Waals surface area contributed by atoms with Crippen molar-refractivity contribution >= 4 is 25.8 Å². The highest BCUT2D eigenvalue weighted by molar-refractivity contribution is 7.91. The lowest BCUT2D eigenvalue weighted by Crippen LogP contribution is -2.50. The molecular weight excluding hydrogens is 431 g/mol. The van der Waals surface area contributed by atoms with Crippen LogP contribution in [0.1, 0.15) is 33.1 Å². The van der Waals surface area contributed by atoms with Crippen molar-refractivity contribution < 1.29 is 26.0 Å². The molecule has 0 spiro atoms. The fourth-order valence-corrected chi connectivity index (χ4v) is 7.44. The molecule has 30 heavy (non-hydrogen) atoms. The second-order valence-electron chi connectivity index (χ2n) is 8.60. The van der Waals surface area contributed by atoms with Crippen molar-refractivity contribution in [3.8, 4) is 0 Å². The third kappa shape index (κ3) is 5.20. The summed E-state index contributed by atoms with van der Waals surface area (Å²) in [4.78, 5) is 15.0. The molecule has 2 heterocycles.